The molecule has 0 aliphatic carbocycles. The van der Waals surface area contributed by atoms with Crippen LogP contribution in [0.1, 0.15) is 54.6 Å². The highest BCUT2D eigenvalue weighted by Gasteiger charge is 2.38. The van der Waals surface area contributed by atoms with E-state index in [1.807, 2.05) is 4.90 Å². The average molecular weight is 529 g/mol. The molecule has 8 nitrogen and oxygen atoms in total. The molecule has 1 fully saturated rings. The van der Waals surface area contributed by atoms with Gasteiger partial charge in [-0.3, -0.25) is 14.2 Å². The predicted octanol–water partition coefficient (Wildman–Crippen LogP) is 4.64. The number of carbonyl (C=O) groups is 1. The van der Waals surface area contributed by atoms with Crippen LogP contribution in [-0.4, -0.2) is 56.7 Å². The summed E-state index contributed by atoms with van der Waals surface area (Å²) >= 11 is 0. The summed E-state index contributed by atoms with van der Waals surface area (Å²) in [4.78, 5) is 16.0. The van der Waals surface area contributed by atoms with Gasteiger partial charge in [-0.05, 0) is 48.9 Å². The van der Waals surface area contributed by atoms with Crippen LogP contribution in [0.3, 0.4) is 0 Å². The van der Waals surface area contributed by atoms with E-state index in [1.54, 1.807) is 31.1 Å². The van der Waals surface area contributed by atoms with Gasteiger partial charge in [0.05, 0.1) is 24.3 Å². The minimum absolute atomic E-state index is 0.0140. The third kappa shape index (κ3) is 4.36. The number of anilines is 2. The summed E-state index contributed by atoms with van der Waals surface area (Å²) in [6.07, 6.45) is 2.38. The predicted molar refractivity (Wildman–Crippen MR) is 135 cm³/mol. The van der Waals surface area contributed by atoms with Crippen LogP contribution < -0.4 is 4.90 Å². The molecule has 5 heterocycles. The summed E-state index contributed by atoms with van der Waals surface area (Å²) in [5, 5.41) is 9.15. The maximum atomic E-state index is 14.4. The molecule has 0 atom stereocenters. The Morgan fingerprint density at radius 1 is 1.13 bits per heavy atom. The molecule has 2 aromatic heterocycles. The van der Waals surface area contributed by atoms with Crippen molar-refractivity contribution in [1.82, 2.24) is 24.5 Å². The van der Waals surface area contributed by atoms with Crippen LogP contribution in [0, 0.1) is 0 Å². The van der Waals surface area contributed by atoms with Crippen molar-refractivity contribution in [2.45, 2.75) is 57.8 Å². The standard InChI is InChI=1S/C27H31F3N6O2/c1-17(37)34-9-5-24-22(16-34)26(32-36(24)20-6-10-38-11-7-20)35-8-3-4-18-12-21(19-14-31-33(2)15-19)23(13-25(18)35)27(28,29)30/h12-15,20H,3-11,16H2,1-2H3. The van der Waals surface area contributed by atoms with Crippen LogP contribution in [0.15, 0.2) is 24.5 Å². The van der Waals surface area contributed by atoms with Crippen LogP contribution in [0.5, 0.6) is 0 Å². The lowest BCUT2D eigenvalue weighted by Gasteiger charge is -2.33. The van der Waals surface area contributed by atoms with Gasteiger partial charge in [-0.2, -0.15) is 23.4 Å². The molecule has 0 radical (unpaired) electrons. The van der Waals surface area contributed by atoms with E-state index in [0.717, 1.165) is 36.1 Å². The molecule has 0 N–H and O–H groups in total. The molecule has 3 aromatic rings. The van der Waals surface area contributed by atoms with Gasteiger partial charge in [0.25, 0.3) is 0 Å². The van der Waals surface area contributed by atoms with Crippen molar-refractivity contribution < 1.29 is 22.7 Å². The van der Waals surface area contributed by atoms with Gasteiger partial charge in [-0.25, -0.2) is 0 Å². The van der Waals surface area contributed by atoms with Crippen LogP contribution in [0.25, 0.3) is 11.1 Å². The molecule has 3 aliphatic rings. The first-order chi connectivity index (χ1) is 18.2. The smallest absolute Gasteiger partial charge is 0.381 e. The molecule has 0 saturated carbocycles. The third-order valence-electron chi connectivity index (χ3n) is 7.96. The molecule has 1 saturated heterocycles. The van der Waals surface area contributed by atoms with Gasteiger partial charge in [0.2, 0.25) is 5.91 Å². The Balaban J connectivity index is 1.49. The quantitative estimate of drug-likeness (QED) is 0.496. The first-order valence-corrected chi connectivity index (χ1v) is 13.1. The van der Waals surface area contributed by atoms with Gasteiger partial charge in [-0.15, -0.1) is 0 Å². The van der Waals surface area contributed by atoms with Crippen LogP contribution in [0.4, 0.5) is 24.7 Å². The maximum Gasteiger partial charge on any atom is 0.417 e. The van der Waals surface area contributed by atoms with Gasteiger partial charge < -0.3 is 14.5 Å². The van der Waals surface area contributed by atoms with E-state index in [2.05, 4.69) is 9.78 Å². The highest BCUT2D eigenvalue weighted by molar-refractivity contribution is 5.78. The van der Waals surface area contributed by atoms with Crippen LogP contribution in [0.2, 0.25) is 0 Å². The van der Waals surface area contributed by atoms with Gasteiger partial charge in [0.1, 0.15) is 0 Å². The average Bonchev–Trinajstić information content (AvgIpc) is 3.51. The minimum Gasteiger partial charge on any atom is -0.381 e. The Bertz CT molecular complexity index is 1370. The Labute approximate surface area is 219 Å². The van der Waals surface area contributed by atoms with Crippen LogP contribution >= 0.6 is 0 Å². The van der Waals surface area contributed by atoms with Crippen molar-refractivity contribution in [3.63, 3.8) is 0 Å². The van der Waals surface area contributed by atoms with Crippen molar-refractivity contribution >= 4 is 17.4 Å². The first-order valence-electron chi connectivity index (χ1n) is 13.1. The zero-order valence-corrected chi connectivity index (χ0v) is 21.6. The summed E-state index contributed by atoms with van der Waals surface area (Å²) in [5.74, 6) is 0.653. The first kappa shape index (κ1) is 25.0. The fourth-order valence-corrected chi connectivity index (χ4v) is 6.03. The normalized spacial score (nSPS) is 18.4. The largest absolute Gasteiger partial charge is 0.417 e. The summed E-state index contributed by atoms with van der Waals surface area (Å²) in [5.41, 5.74) is 3.32. The van der Waals surface area contributed by atoms with E-state index >= 15 is 0 Å². The second-order valence-electron chi connectivity index (χ2n) is 10.4. The zero-order valence-electron chi connectivity index (χ0n) is 21.6. The Hall–Kier alpha value is -3.34. The number of benzene rings is 1. The topological polar surface area (TPSA) is 68.4 Å². The minimum atomic E-state index is -4.53. The lowest BCUT2D eigenvalue weighted by molar-refractivity contribution is -0.137. The molecule has 38 heavy (non-hydrogen) atoms. The fourth-order valence-electron chi connectivity index (χ4n) is 6.03. The number of halogens is 3. The molecule has 0 unspecified atom stereocenters. The van der Waals surface area contributed by atoms with E-state index < -0.39 is 11.7 Å². The summed E-state index contributed by atoms with van der Waals surface area (Å²) in [6, 6.07) is 3.13. The lowest BCUT2D eigenvalue weighted by atomic mass is 9.92. The second kappa shape index (κ2) is 9.44. The molecular formula is C27H31F3N6O2. The monoisotopic (exact) mass is 528 g/mol. The second-order valence-corrected chi connectivity index (χ2v) is 10.4. The molecule has 3 aliphatic heterocycles. The molecule has 11 heteroatoms. The van der Waals surface area contributed by atoms with Crippen molar-refractivity contribution in [3.8, 4) is 11.1 Å². The van der Waals surface area contributed by atoms with Gasteiger partial charge in [-0.1, -0.05) is 0 Å². The van der Waals surface area contributed by atoms with Gasteiger partial charge >= 0.3 is 6.18 Å². The van der Waals surface area contributed by atoms with E-state index in [-0.39, 0.29) is 17.5 Å². The SMILES string of the molecule is CC(=O)N1CCc2c(c(N3CCCc4cc(-c5cnn(C)c5)c(C(F)(F)F)cc43)nn2C2CCOCC2)C1. The molecule has 202 valence electrons. The van der Waals surface area contributed by atoms with Crippen LogP contribution in [-0.2, 0) is 42.1 Å². The van der Waals surface area contributed by atoms with E-state index in [4.69, 9.17) is 9.84 Å². The number of hydrogen-bond acceptors (Lipinski definition) is 5. The highest BCUT2D eigenvalue weighted by atomic mass is 19.4. The lowest BCUT2D eigenvalue weighted by Crippen LogP contribution is -2.36. The number of nitrogens with zero attached hydrogens (tertiary/aromatic N) is 6. The van der Waals surface area contributed by atoms with Crippen molar-refractivity contribution in [2.24, 2.45) is 7.05 Å². The number of carbonyl (C=O) groups excluding carboxylic acids is 1. The summed E-state index contributed by atoms with van der Waals surface area (Å²) in [7, 11) is 1.69. The number of hydrogen-bond donors (Lipinski definition) is 0. The zero-order chi connectivity index (χ0) is 26.6. The van der Waals surface area contributed by atoms with E-state index in [0.29, 0.717) is 62.8 Å². The van der Waals surface area contributed by atoms with Gasteiger partial charge in [0, 0.05) is 75.4 Å². The third-order valence-corrected chi connectivity index (χ3v) is 7.96. The Kier molecular flexibility index (Phi) is 6.20. The molecule has 0 bridgehead atoms. The number of alkyl halides is 3. The highest BCUT2D eigenvalue weighted by Crippen LogP contribution is 2.45. The van der Waals surface area contributed by atoms with Crippen molar-refractivity contribution in [3.05, 3.63) is 46.9 Å². The number of fused-ring (bicyclic) bond motifs is 2. The van der Waals surface area contributed by atoms with Crippen molar-refractivity contribution in [1.29, 1.82) is 0 Å². The maximum absolute atomic E-state index is 14.4. The number of amides is 1. The molecular weight excluding hydrogens is 497 g/mol. The van der Waals surface area contributed by atoms with Gasteiger partial charge in [0.15, 0.2) is 5.82 Å². The summed E-state index contributed by atoms with van der Waals surface area (Å²) in [6.45, 7) is 4.46. The molecule has 0 spiro atoms. The van der Waals surface area contributed by atoms with Crippen molar-refractivity contribution in [2.75, 3.05) is 31.2 Å². The molecule has 1 aromatic carbocycles. The Morgan fingerprint density at radius 3 is 2.61 bits per heavy atom. The number of ether oxygens (including phenoxy) is 1. The van der Waals surface area contributed by atoms with E-state index in [1.165, 1.54) is 16.9 Å². The fraction of sp³-hybridized carbons (Fsp3) is 0.519. The molecule has 1 amide bonds. The molecule has 6 rings (SSSR count). The van der Waals surface area contributed by atoms with E-state index in [9.17, 15) is 18.0 Å². The summed E-state index contributed by atoms with van der Waals surface area (Å²) < 4.78 is 52.3. The Morgan fingerprint density at radius 2 is 1.92 bits per heavy atom. The number of aromatic nitrogens is 4. The number of aryl methyl sites for hydroxylation is 2. The number of rotatable bonds is 3.